The van der Waals surface area contributed by atoms with E-state index in [9.17, 15) is 0 Å². The molecular formula is C13H23N3O. The minimum Gasteiger partial charge on any atom is -0.361 e. The summed E-state index contributed by atoms with van der Waals surface area (Å²) in [7, 11) is 0. The summed E-state index contributed by atoms with van der Waals surface area (Å²) in [5.41, 5.74) is 8.10. The quantitative estimate of drug-likeness (QED) is 0.869. The Morgan fingerprint density at radius 2 is 2.24 bits per heavy atom. The minimum atomic E-state index is 0.629. The molecule has 0 bridgehead atoms. The molecular weight excluding hydrogens is 214 g/mol. The summed E-state index contributed by atoms with van der Waals surface area (Å²) in [5.74, 6) is 2.33. The lowest BCUT2D eigenvalue weighted by Gasteiger charge is -2.36. The van der Waals surface area contributed by atoms with Crippen molar-refractivity contribution < 1.29 is 4.52 Å². The maximum atomic E-state index is 5.83. The number of aromatic nitrogens is 1. The molecule has 2 atom stereocenters. The number of rotatable bonds is 3. The molecule has 0 aliphatic carbocycles. The third kappa shape index (κ3) is 2.69. The lowest BCUT2D eigenvalue weighted by atomic mass is 9.87. The Labute approximate surface area is 103 Å². The second-order valence-corrected chi connectivity index (χ2v) is 5.30. The van der Waals surface area contributed by atoms with E-state index in [0.29, 0.717) is 5.92 Å². The SMILES string of the molecule is Cc1noc(C)c1CN1CCC(C)C(CN)C1. The van der Waals surface area contributed by atoms with E-state index in [1.54, 1.807) is 0 Å². The van der Waals surface area contributed by atoms with Gasteiger partial charge in [0, 0.05) is 18.7 Å². The minimum absolute atomic E-state index is 0.629. The van der Waals surface area contributed by atoms with Gasteiger partial charge >= 0.3 is 0 Å². The van der Waals surface area contributed by atoms with Gasteiger partial charge in [-0.05, 0) is 45.2 Å². The van der Waals surface area contributed by atoms with Crippen molar-refractivity contribution in [3.8, 4) is 0 Å². The highest BCUT2D eigenvalue weighted by atomic mass is 16.5. The van der Waals surface area contributed by atoms with Gasteiger partial charge in [-0.25, -0.2) is 0 Å². The summed E-state index contributed by atoms with van der Waals surface area (Å²) >= 11 is 0. The largest absolute Gasteiger partial charge is 0.361 e. The van der Waals surface area contributed by atoms with Crippen LogP contribution in [0, 0.1) is 25.7 Å². The first kappa shape index (κ1) is 12.6. The second-order valence-electron chi connectivity index (χ2n) is 5.30. The molecule has 0 aromatic carbocycles. The van der Waals surface area contributed by atoms with Crippen molar-refractivity contribution in [1.29, 1.82) is 0 Å². The third-order valence-electron chi connectivity index (χ3n) is 4.06. The van der Waals surface area contributed by atoms with Gasteiger partial charge in [-0.2, -0.15) is 0 Å². The molecule has 17 heavy (non-hydrogen) atoms. The maximum Gasteiger partial charge on any atom is 0.138 e. The molecule has 2 unspecified atom stereocenters. The van der Waals surface area contributed by atoms with Crippen LogP contribution in [0.2, 0.25) is 0 Å². The van der Waals surface area contributed by atoms with Gasteiger partial charge in [-0.15, -0.1) is 0 Å². The highest BCUT2D eigenvalue weighted by Crippen LogP contribution is 2.24. The van der Waals surface area contributed by atoms with Crippen LogP contribution in [0.1, 0.15) is 30.4 Å². The van der Waals surface area contributed by atoms with Crippen LogP contribution in [-0.4, -0.2) is 29.7 Å². The zero-order valence-corrected chi connectivity index (χ0v) is 11.1. The van der Waals surface area contributed by atoms with Crippen molar-refractivity contribution in [3.05, 3.63) is 17.0 Å². The van der Waals surface area contributed by atoms with E-state index < -0.39 is 0 Å². The van der Waals surface area contributed by atoms with E-state index >= 15 is 0 Å². The first-order valence-electron chi connectivity index (χ1n) is 6.46. The molecule has 1 aliphatic heterocycles. The number of hydrogen-bond donors (Lipinski definition) is 1. The van der Waals surface area contributed by atoms with E-state index in [4.69, 9.17) is 10.3 Å². The van der Waals surface area contributed by atoms with Gasteiger partial charge in [-0.3, -0.25) is 4.90 Å². The maximum absolute atomic E-state index is 5.83. The molecule has 4 heteroatoms. The average Bonchev–Trinajstić information content (AvgIpc) is 2.63. The smallest absolute Gasteiger partial charge is 0.138 e. The van der Waals surface area contributed by atoms with Gasteiger partial charge in [0.05, 0.1) is 5.69 Å². The van der Waals surface area contributed by atoms with Crippen molar-refractivity contribution >= 4 is 0 Å². The van der Waals surface area contributed by atoms with E-state index in [1.165, 1.54) is 12.0 Å². The summed E-state index contributed by atoms with van der Waals surface area (Å²) in [6.07, 6.45) is 1.24. The van der Waals surface area contributed by atoms with Crippen molar-refractivity contribution in [2.24, 2.45) is 17.6 Å². The predicted octanol–water partition coefficient (Wildman–Crippen LogP) is 1.71. The Morgan fingerprint density at radius 3 is 2.82 bits per heavy atom. The van der Waals surface area contributed by atoms with Gasteiger partial charge in [0.2, 0.25) is 0 Å². The number of hydrogen-bond acceptors (Lipinski definition) is 4. The number of nitrogens with two attached hydrogens (primary N) is 1. The van der Waals surface area contributed by atoms with Gasteiger partial charge in [-0.1, -0.05) is 12.1 Å². The topological polar surface area (TPSA) is 55.3 Å². The summed E-state index contributed by atoms with van der Waals surface area (Å²) in [4.78, 5) is 2.48. The normalized spacial score (nSPS) is 26.4. The van der Waals surface area contributed by atoms with Crippen molar-refractivity contribution in [1.82, 2.24) is 10.1 Å². The zero-order chi connectivity index (χ0) is 12.4. The standard InChI is InChI=1S/C13H23N3O/c1-9-4-5-16(7-12(9)6-14)8-13-10(2)15-17-11(13)3/h9,12H,4-8,14H2,1-3H3. The fourth-order valence-electron chi connectivity index (χ4n) is 2.63. The molecule has 2 rings (SSSR count). The van der Waals surface area contributed by atoms with Gasteiger partial charge in [0.25, 0.3) is 0 Å². The van der Waals surface area contributed by atoms with Crippen LogP contribution >= 0.6 is 0 Å². The average molecular weight is 237 g/mol. The molecule has 4 nitrogen and oxygen atoms in total. The monoisotopic (exact) mass is 237 g/mol. The van der Waals surface area contributed by atoms with Crippen LogP contribution in [0.15, 0.2) is 4.52 Å². The Balaban J connectivity index is 2.00. The Bertz CT molecular complexity index is 355. The summed E-state index contributed by atoms with van der Waals surface area (Å²) in [6.45, 7) is 10.3. The zero-order valence-electron chi connectivity index (χ0n) is 11.1. The Hall–Kier alpha value is -0.870. The molecule has 1 fully saturated rings. The fraction of sp³-hybridized carbons (Fsp3) is 0.769. The van der Waals surface area contributed by atoms with E-state index in [-0.39, 0.29) is 0 Å². The summed E-state index contributed by atoms with van der Waals surface area (Å²) < 4.78 is 5.21. The number of piperidine rings is 1. The Morgan fingerprint density at radius 1 is 1.47 bits per heavy atom. The number of aryl methyl sites for hydroxylation is 2. The van der Waals surface area contributed by atoms with Crippen LogP contribution < -0.4 is 5.73 Å². The molecule has 2 N–H and O–H groups in total. The van der Waals surface area contributed by atoms with Gasteiger partial charge in [0.1, 0.15) is 5.76 Å². The summed E-state index contributed by atoms with van der Waals surface area (Å²) in [5, 5.41) is 4.01. The van der Waals surface area contributed by atoms with Crippen LogP contribution in [0.5, 0.6) is 0 Å². The molecule has 2 heterocycles. The molecule has 1 aliphatic rings. The molecule has 0 saturated carbocycles. The first-order chi connectivity index (χ1) is 8.11. The van der Waals surface area contributed by atoms with Gasteiger partial charge < -0.3 is 10.3 Å². The number of likely N-dealkylation sites (tertiary alicyclic amines) is 1. The Kier molecular flexibility index (Phi) is 3.84. The highest BCUT2D eigenvalue weighted by Gasteiger charge is 2.26. The van der Waals surface area contributed by atoms with Crippen molar-refractivity contribution in [2.75, 3.05) is 19.6 Å². The fourth-order valence-corrected chi connectivity index (χ4v) is 2.63. The van der Waals surface area contributed by atoms with Crippen LogP contribution in [0.25, 0.3) is 0 Å². The lowest BCUT2D eigenvalue weighted by Crippen LogP contribution is -2.42. The van der Waals surface area contributed by atoms with E-state index in [1.807, 2.05) is 13.8 Å². The third-order valence-corrected chi connectivity index (χ3v) is 4.06. The highest BCUT2D eigenvalue weighted by molar-refractivity contribution is 5.20. The van der Waals surface area contributed by atoms with E-state index in [2.05, 4.69) is 17.0 Å². The lowest BCUT2D eigenvalue weighted by molar-refractivity contribution is 0.125. The molecule has 1 aromatic rings. The molecule has 96 valence electrons. The second kappa shape index (κ2) is 5.19. The predicted molar refractivity (Wildman–Crippen MR) is 67.6 cm³/mol. The number of nitrogens with zero attached hydrogens (tertiary/aromatic N) is 2. The molecule has 1 saturated heterocycles. The van der Waals surface area contributed by atoms with Crippen LogP contribution in [-0.2, 0) is 6.54 Å². The van der Waals surface area contributed by atoms with Crippen LogP contribution in [0.3, 0.4) is 0 Å². The van der Waals surface area contributed by atoms with Crippen molar-refractivity contribution in [3.63, 3.8) is 0 Å². The van der Waals surface area contributed by atoms with Gasteiger partial charge in [0.15, 0.2) is 0 Å². The van der Waals surface area contributed by atoms with Crippen molar-refractivity contribution in [2.45, 2.75) is 33.7 Å². The molecule has 0 amide bonds. The first-order valence-corrected chi connectivity index (χ1v) is 6.46. The summed E-state index contributed by atoms with van der Waals surface area (Å²) in [6, 6.07) is 0. The van der Waals surface area contributed by atoms with Crippen LogP contribution in [0.4, 0.5) is 0 Å². The molecule has 0 spiro atoms. The van der Waals surface area contributed by atoms with E-state index in [0.717, 1.165) is 43.6 Å². The molecule has 1 aromatic heterocycles. The molecule has 0 radical (unpaired) electrons.